The molecule has 1 aromatic rings. The average Bonchev–Trinajstić information content (AvgIpc) is 2.79. The Bertz CT molecular complexity index is 398. The lowest BCUT2D eigenvalue weighted by Gasteiger charge is -2.09. The maximum absolute atomic E-state index is 11.4. The van der Waals surface area contributed by atoms with Gasteiger partial charge in [-0.25, -0.2) is 0 Å². The van der Waals surface area contributed by atoms with Gasteiger partial charge < -0.3 is 10.4 Å². The fraction of sp³-hybridized carbons (Fsp3) is 0.333. The van der Waals surface area contributed by atoms with E-state index in [0.29, 0.717) is 6.42 Å². The number of carbonyl (C=O) groups is 2. The van der Waals surface area contributed by atoms with E-state index in [-0.39, 0.29) is 12.5 Å². The summed E-state index contributed by atoms with van der Waals surface area (Å²) in [6.45, 7) is 1.95. The van der Waals surface area contributed by atoms with Crippen molar-refractivity contribution in [3.63, 3.8) is 0 Å². The second-order valence-electron chi connectivity index (χ2n) is 3.54. The van der Waals surface area contributed by atoms with E-state index in [1.807, 2.05) is 17.5 Å². The monoisotopic (exact) mass is 253 g/mol. The minimum absolute atomic E-state index is 0.166. The van der Waals surface area contributed by atoms with E-state index in [1.165, 1.54) is 17.4 Å². The number of amides is 1. The first-order valence-electron chi connectivity index (χ1n) is 5.35. The van der Waals surface area contributed by atoms with Gasteiger partial charge in [-0.2, -0.15) is 0 Å². The minimum Gasteiger partial charge on any atom is -0.481 e. The molecule has 0 aliphatic rings. The lowest BCUT2D eigenvalue weighted by molar-refractivity contribution is -0.141. The summed E-state index contributed by atoms with van der Waals surface area (Å²) >= 11 is 1.54. The van der Waals surface area contributed by atoms with Gasteiger partial charge in [-0.1, -0.05) is 13.0 Å². The highest BCUT2D eigenvalue weighted by molar-refractivity contribution is 7.10. The molecule has 0 radical (unpaired) electrons. The summed E-state index contributed by atoms with van der Waals surface area (Å²) in [5.41, 5.74) is 0. The van der Waals surface area contributed by atoms with Gasteiger partial charge in [-0.05, 0) is 23.9 Å². The maximum atomic E-state index is 11.4. The fourth-order valence-electron chi connectivity index (χ4n) is 1.23. The largest absolute Gasteiger partial charge is 0.481 e. The lowest BCUT2D eigenvalue weighted by Crippen LogP contribution is -2.31. The van der Waals surface area contributed by atoms with Gasteiger partial charge >= 0.3 is 5.97 Å². The van der Waals surface area contributed by atoms with E-state index < -0.39 is 11.9 Å². The summed E-state index contributed by atoms with van der Waals surface area (Å²) in [5, 5.41) is 13.3. The van der Waals surface area contributed by atoms with E-state index in [0.717, 1.165) is 4.88 Å². The maximum Gasteiger partial charge on any atom is 0.308 e. The Morgan fingerprint density at radius 3 is 2.88 bits per heavy atom. The predicted molar refractivity (Wildman–Crippen MR) is 67.8 cm³/mol. The van der Waals surface area contributed by atoms with E-state index >= 15 is 0 Å². The summed E-state index contributed by atoms with van der Waals surface area (Å²) in [4.78, 5) is 23.1. The van der Waals surface area contributed by atoms with Gasteiger partial charge in [0, 0.05) is 17.5 Å². The van der Waals surface area contributed by atoms with Gasteiger partial charge in [-0.3, -0.25) is 9.59 Å². The first-order valence-corrected chi connectivity index (χ1v) is 6.23. The Morgan fingerprint density at radius 1 is 1.59 bits per heavy atom. The second-order valence-corrected chi connectivity index (χ2v) is 4.52. The third-order valence-corrected chi connectivity index (χ3v) is 3.14. The number of thiophene rings is 1. The molecule has 1 unspecified atom stereocenters. The van der Waals surface area contributed by atoms with Crippen LogP contribution >= 0.6 is 11.3 Å². The van der Waals surface area contributed by atoms with Crippen molar-refractivity contribution in [2.45, 2.75) is 13.3 Å². The second kappa shape index (κ2) is 6.85. The fourth-order valence-corrected chi connectivity index (χ4v) is 1.85. The van der Waals surface area contributed by atoms with Crippen LogP contribution < -0.4 is 5.32 Å². The zero-order chi connectivity index (χ0) is 12.7. The van der Waals surface area contributed by atoms with Gasteiger partial charge in [-0.15, -0.1) is 11.3 Å². The van der Waals surface area contributed by atoms with Crippen LogP contribution in [0.1, 0.15) is 18.2 Å². The van der Waals surface area contributed by atoms with Crippen LogP contribution in [0, 0.1) is 5.92 Å². The van der Waals surface area contributed by atoms with Gasteiger partial charge in [0.25, 0.3) is 0 Å². The zero-order valence-corrected chi connectivity index (χ0v) is 10.4. The van der Waals surface area contributed by atoms with Crippen LogP contribution in [0.3, 0.4) is 0 Å². The molecule has 1 heterocycles. The topological polar surface area (TPSA) is 66.4 Å². The molecule has 0 aromatic carbocycles. The van der Waals surface area contributed by atoms with E-state index in [2.05, 4.69) is 5.32 Å². The van der Waals surface area contributed by atoms with Crippen LogP contribution in [0.5, 0.6) is 0 Å². The number of rotatable bonds is 6. The van der Waals surface area contributed by atoms with Crippen molar-refractivity contribution in [3.8, 4) is 0 Å². The number of carboxylic acids is 1. The number of hydrogen-bond acceptors (Lipinski definition) is 3. The molecule has 4 nitrogen and oxygen atoms in total. The van der Waals surface area contributed by atoms with Crippen LogP contribution in [0.15, 0.2) is 23.6 Å². The molecule has 1 atom stereocenters. The van der Waals surface area contributed by atoms with E-state index in [1.54, 1.807) is 13.0 Å². The SMILES string of the molecule is CCC(CNC(=O)C=Cc1cccs1)C(=O)O. The molecule has 2 N–H and O–H groups in total. The third kappa shape index (κ3) is 4.82. The Labute approximate surface area is 104 Å². The molecule has 0 aliphatic carbocycles. The zero-order valence-electron chi connectivity index (χ0n) is 9.55. The Morgan fingerprint density at radius 2 is 2.35 bits per heavy atom. The molecular formula is C12H15NO3S. The van der Waals surface area contributed by atoms with Gasteiger partial charge in [0.05, 0.1) is 5.92 Å². The van der Waals surface area contributed by atoms with Gasteiger partial charge in [0.1, 0.15) is 0 Å². The first kappa shape index (κ1) is 13.4. The van der Waals surface area contributed by atoms with Crippen LogP contribution in [-0.4, -0.2) is 23.5 Å². The van der Waals surface area contributed by atoms with Crippen molar-refractivity contribution >= 4 is 29.3 Å². The molecule has 5 heteroatoms. The van der Waals surface area contributed by atoms with E-state index in [9.17, 15) is 9.59 Å². The molecule has 0 saturated carbocycles. The summed E-state index contributed by atoms with van der Waals surface area (Å²) in [6.07, 6.45) is 3.63. The lowest BCUT2D eigenvalue weighted by atomic mass is 10.1. The molecule has 0 saturated heterocycles. The molecular weight excluding hydrogens is 238 g/mol. The molecule has 0 fully saturated rings. The smallest absolute Gasteiger partial charge is 0.308 e. The van der Waals surface area contributed by atoms with Crippen molar-refractivity contribution in [2.75, 3.05) is 6.54 Å². The summed E-state index contributed by atoms with van der Waals surface area (Å²) in [5.74, 6) is -1.66. The summed E-state index contributed by atoms with van der Waals surface area (Å²) in [7, 11) is 0. The van der Waals surface area contributed by atoms with Gasteiger partial charge in [0.2, 0.25) is 5.91 Å². The molecule has 1 rings (SSSR count). The quantitative estimate of drug-likeness (QED) is 0.762. The van der Waals surface area contributed by atoms with Crippen LogP contribution in [0.2, 0.25) is 0 Å². The minimum atomic E-state index is -0.880. The van der Waals surface area contributed by atoms with Crippen molar-refractivity contribution in [1.29, 1.82) is 0 Å². The summed E-state index contributed by atoms with van der Waals surface area (Å²) < 4.78 is 0. The predicted octanol–water partition coefficient (Wildman–Crippen LogP) is 1.99. The highest BCUT2D eigenvalue weighted by atomic mass is 32.1. The molecule has 0 aliphatic heterocycles. The first-order chi connectivity index (χ1) is 8.13. The van der Waals surface area contributed by atoms with Crippen LogP contribution in [-0.2, 0) is 9.59 Å². The number of aliphatic carboxylic acids is 1. The Balaban J connectivity index is 2.37. The molecule has 17 heavy (non-hydrogen) atoms. The highest BCUT2D eigenvalue weighted by Gasteiger charge is 2.14. The number of nitrogens with one attached hydrogen (secondary N) is 1. The Hall–Kier alpha value is -1.62. The van der Waals surface area contributed by atoms with Crippen LogP contribution in [0.25, 0.3) is 6.08 Å². The van der Waals surface area contributed by atoms with Gasteiger partial charge in [0.15, 0.2) is 0 Å². The standard InChI is InChI=1S/C12H15NO3S/c1-2-9(12(15)16)8-13-11(14)6-5-10-4-3-7-17-10/h3-7,9H,2,8H2,1H3,(H,13,14)(H,15,16). The molecule has 0 spiro atoms. The number of hydrogen-bond donors (Lipinski definition) is 2. The highest BCUT2D eigenvalue weighted by Crippen LogP contribution is 2.09. The number of carboxylic acid groups (broad SMARTS) is 1. The molecule has 1 aromatic heterocycles. The normalized spacial score (nSPS) is 12.5. The molecule has 92 valence electrons. The molecule has 1 amide bonds. The van der Waals surface area contributed by atoms with Crippen molar-refractivity contribution < 1.29 is 14.7 Å². The van der Waals surface area contributed by atoms with Crippen molar-refractivity contribution in [3.05, 3.63) is 28.5 Å². The van der Waals surface area contributed by atoms with Crippen molar-refractivity contribution in [1.82, 2.24) is 5.32 Å². The summed E-state index contributed by atoms with van der Waals surface area (Å²) in [6, 6.07) is 3.81. The van der Waals surface area contributed by atoms with E-state index in [4.69, 9.17) is 5.11 Å². The Kier molecular flexibility index (Phi) is 5.42. The molecule has 0 bridgehead atoms. The van der Waals surface area contributed by atoms with Crippen molar-refractivity contribution in [2.24, 2.45) is 5.92 Å². The average molecular weight is 253 g/mol. The third-order valence-electron chi connectivity index (χ3n) is 2.31. The van der Waals surface area contributed by atoms with Crippen LogP contribution in [0.4, 0.5) is 0 Å². The number of carbonyl (C=O) groups excluding carboxylic acids is 1.